The molecule has 1 unspecified atom stereocenters. The SMILES string of the molecule is CN(C(=O)N1CC(C(=O)O)C1)C1CCS(=O)(=O)C1. The van der Waals surface area contributed by atoms with Crippen molar-refractivity contribution in [1.29, 1.82) is 0 Å². The van der Waals surface area contributed by atoms with E-state index in [1.165, 1.54) is 9.80 Å². The first-order chi connectivity index (χ1) is 8.30. The zero-order chi connectivity index (χ0) is 13.5. The predicted octanol–water partition coefficient (Wildman–Crippen LogP) is -0.758. The highest BCUT2D eigenvalue weighted by Gasteiger charge is 2.40. The van der Waals surface area contributed by atoms with Crippen LogP contribution in [-0.2, 0) is 14.6 Å². The van der Waals surface area contributed by atoms with E-state index in [4.69, 9.17) is 5.11 Å². The lowest BCUT2D eigenvalue weighted by atomic mass is 10.0. The van der Waals surface area contributed by atoms with Gasteiger partial charge in [0.1, 0.15) is 0 Å². The minimum atomic E-state index is -3.02. The molecular formula is C10H16N2O5S. The second-order valence-corrected chi connectivity index (χ2v) is 7.12. The maximum atomic E-state index is 12.0. The molecule has 102 valence electrons. The van der Waals surface area contributed by atoms with Gasteiger partial charge in [-0.25, -0.2) is 13.2 Å². The Labute approximate surface area is 105 Å². The molecule has 8 heteroatoms. The van der Waals surface area contributed by atoms with E-state index in [1.54, 1.807) is 7.05 Å². The maximum Gasteiger partial charge on any atom is 0.320 e. The molecule has 0 bridgehead atoms. The second-order valence-electron chi connectivity index (χ2n) is 4.89. The summed E-state index contributed by atoms with van der Waals surface area (Å²) in [4.78, 5) is 25.4. The lowest BCUT2D eigenvalue weighted by Crippen LogP contribution is -2.58. The van der Waals surface area contributed by atoms with E-state index < -0.39 is 21.7 Å². The molecule has 0 radical (unpaired) electrons. The van der Waals surface area contributed by atoms with Gasteiger partial charge in [0, 0.05) is 26.2 Å². The van der Waals surface area contributed by atoms with Crippen molar-refractivity contribution in [2.75, 3.05) is 31.6 Å². The van der Waals surface area contributed by atoms with Gasteiger partial charge in [0.05, 0.1) is 17.4 Å². The van der Waals surface area contributed by atoms with Gasteiger partial charge in [-0.2, -0.15) is 0 Å². The standard InChI is InChI=1S/C10H16N2O5S/c1-11(8-2-3-18(16,17)6-8)10(15)12-4-7(5-12)9(13)14/h7-8H,2-6H2,1H3,(H,13,14). The monoisotopic (exact) mass is 276 g/mol. The fourth-order valence-electron chi connectivity index (χ4n) is 2.25. The number of hydrogen-bond donors (Lipinski definition) is 1. The zero-order valence-electron chi connectivity index (χ0n) is 10.1. The van der Waals surface area contributed by atoms with Crippen molar-refractivity contribution in [1.82, 2.24) is 9.80 Å². The zero-order valence-corrected chi connectivity index (χ0v) is 10.9. The van der Waals surface area contributed by atoms with Crippen LogP contribution >= 0.6 is 0 Å². The highest BCUT2D eigenvalue weighted by atomic mass is 32.2. The Hall–Kier alpha value is -1.31. The molecule has 18 heavy (non-hydrogen) atoms. The first-order valence-corrected chi connectivity index (χ1v) is 7.57. The second kappa shape index (κ2) is 4.42. The van der Waals surface area contributed by atoms with Crippen LogP contribution in [0.4, 0.5) is 4.79 Å². The van der Waals surface area contributed by atoms with E-state index in [2.05, 4.69) is 0 Å². The van der Waals surface area contributed by atoms with Crippen LogP contribution in [0.1, 0.15) is 6.42 Å². The third-order valence-corrected chi connectivity index (χ3v) is 5.31. The van der Waals surface area contributed by atoms with Gasteiger partial charge in [0.2, 0.25) is 0 Å². The Morgan fingerprint density at radius 1 is 1.33 bits per heavy atom. The summed E-state index contributed by atoms with van der Waals surface area (Å²) in [5.74, 6) is -1.27. The summed E-state index contributed by atoms with van der Waals surface area (Å²) in [5.41, 5.74) is 0. The molecule has 2 saturated heterocycles. The number of carboxylic acid groups (broad SMARTS) is 1. The molecule has 0 aromatic rings. The molecule has 1 N–H and O–H groups in total. The molecule has 0 spiro atoms. The number of rotatable bonds is 2. The lowest BCUT2D eigenvalue weighted by Gasteiger charge is -2.40. The van der Waals surface area contributed by atoms with E-state index in [0.29, 0.717) is 6.42 Å². The summed E-state index contributed by atoms with van der Waals surface area (Å²) in [5, 5.41) is 8.72. The highest BCUT2D eigenvalue weighted by molar-refractivity contribution is 7.91. The van der Waals surface area contributed by atoms with Crippen molar-refractivity contribution >= 4 is 21.8 Å². The molecule has 1 atom stereocenters. The van der Waals surface area contributed by atoms with Gasteiger partial charge in [-0.1, -0.05) is 0 Å². The van der Waals surface area contributed by atoms with Crippen molar-refractivity contribution in [3.63, 3.8) is 0 Å². The van der Waals surface area contributed by atoms with Gasteiger partial charge in [0.25, 0.3) is 0 Å². The fraction of sp³-hybridized carbons (Fsp3) is 0.800. The van der Waals surface area contributed by atoms with Crippen LogP contribution in [-0.4, -0.2) is 73.0 Å². The molecule has 0 aromatic heterocycles. The Bertz CT molecular complexity index is 469. The molecule has 0 aliphatic carbocycles. The first-order valence-electron chi connectivity index (χ1n) is 5.75. The van der Waals surface area contributed by atoms with Crippen LogP contribution in [0.5, 0.6) is 0 Å². The molecule has 0 saturated carbocycles. The van der Waals surface area contributed by atoms with Crippen LogP contribution in [0, 0.1) is 5.92 Å². The largest absolute Gasteiger partial charge is 0.481 e. The van der Waals surface area contributed by atoms with E-state index in [1.807, 2.05) is 0 Å². The number of hydrogen-bond acceptors (Lipinski definition) is 4. The number of carbonyl (C=O) groups excluding carboxylic acids is 1. The summed E-state index contributed by atoms with van der Waals surface area (Å²) in [6, 6.07) is -0.569. The average Bonchev–Trinajstić information content (AvgIpc) is 2.54. The van der Waals surface area contributed by atoms with E-state index in [0.717, 1.165) is 0 Å². The number of urea groups is 1. The number of sulfone groups is 1. The van der Waals surface area contributed by atoms with Gasteiger partial charge in [0.15, 0.2) is 9.84 Å². The number of aliphatic carboxylic acids is 1. The Morgan fingerprint density at radius 2 is 1.94 bits per heavy atom. The lowest BCUT2D eigenvalue weighted by molar-refractivity contribution is -0.146. The van der Waals surface area contributed by atoms with Gasteiger partial charge in [-0.05, 0) is 6.42 Å². The Kier molecular flexibility index (Phi) is 3.22. The fourth-order valence-corrected chi connectivity index (χ4v) is 4.03. The molecular weight excluding hydrogens is 260 g/mol. The number of carboxylic acids is 1. The van der Waals surface area contributed by atoms with Crippen molar-refractivity contribution < 1.29 is 23.1 Å². The smallest absolute Gasteiger partial charge is 0.320 e. The predicted molar refractivity (Wildman–Crippen MR) is 62.9 cm³/mol. The Balaban J connectivity index is 1.89. The molecule has 2 heterocycles. The van der Waals surface area contributed by atoms with Crippen molar-refractivity contribution in [3.05, 3.63) is 0 Å². The third-order valence-electron chi connectivity index (χ3n) is 3.56. The summed E-state index contributed by atoms with van der Waals surface area (Å²) in [7, 11) is -1.45. The Morgan fingerprint density at radius 3 is 2.39 bits per heavy atom. The van der Waals surface area contributed by atoms with E-state index in [9.17, 15) is 18.0 Å². The van der Waals surface area contributed by atoms with Crippen LogP contribution in [0.3, 0.4) is 0 Å². The summed E-state index contributed by atoms with van der Waals surface area (Å²) in [6.07, 6.45) is 0.459. The van der Waals surface area contributed by atoms with Crippen LogP contribution in [0.15, 0.2) is 0 Å². The number of carbonyl (C=O) groups is 2. The maximum absolute atomic E-state index is 12.0. The molecule has 7 nitrogen and oxygen atoms in total. The summed E-state index contributed by atoms with van der Waals surface area (Å²) < 4.78 is 22.7. The number of nitrogens with zero attached hydrogens (tertiary/aromatic N) is 2. The molecule has 2 amide bonds. The summed E-state index contributed by atoms with van der Waals surface area (Å²) in [6.45, 7) is 0.413. The van der Waals surface area contributed by atoms with Gasteiger partial charge in [-0.3, -0.25) is 4.79 Å². The van der Waals surface area contributed by atoms with Crippen LogP contribution in [0.25, 0.3) is 0 Å². The molecule has 2 aliphatic heterocycles. The first kappa shape index (κ1) is 13.1. The average molecular weight is 276 g/mol. The minimum Gasteiger partial charge on any atom is -0.481 e. The van der Waals surface area contributed by atoms with Crippen molar-refractivity contribution in [2.45, 2.75) is 12.5 Å². The topological polar surface area (TPSA) is 95.0 Å². The van der Waals surface area contributed by atoms with Crippen molar-refractivity contribution in [2.24, 2.45) is 5.92 Å². The molecule has 2 aliphatic rings. The van der Waals surface area contributed by atoms with E-state index in [-0.39, 0.29) is 36.7 Å². The van der Waals surface area contributed by atoms with Crippen molar-refractivity contribution in [3.8, 4) is 0 Å². The van der Waals surface area contributed by atoms with Gasteiger partial charge < -0.3 is 14.9 Å². The molecule has 0 aromatic carbocycles. The van der Waals surface area contributed by atoms with Crippen LogP contribution in [0.2, 0.25) is 0 Å². The molecule has 2 fully saturated rings. The van der Waals surface area contributed by atoms with E-state index >= 15 is 0 Å². The highest BCUT2D eigenvalue weighted by Crippen LogP contribution is 2.21. The number of likely N-dealkylation sites (tertiary alicyclic amines) is 1. The third kappa shape index (κ3) is 2.43. The normalized spacial score (nSPS) is 26.7. The number of amides is 2. The quantitative estimate of drug-likeness (QED) is 0.715. The summed E-state index contributed by atoms with van der Waals surface area (Å²) >= 11 is 0. The minimum absolute atomic E-state index is 0.00540. The van der Waals surface area contributed by atoms with Gasteiger partial charge in [-0.15, -0.1) is 0 Å². The molecule has 2 rings (SSSR count). The van der Waals surface area contributed by atoms with Crippen LogP contribution < -0.4 is 0 Å². The van der Waals surface area contributed by atoms with Gasteiger partial charge >= 0.3 is 12.0 Å².